The number of azo groups is 2. The number of amides is 4. The van der Waals surface area contributed by atoms with Crippen LogP contribution in [0.3, 0.4) is 0 Å². The molecule has 0 bridgehead atoms. The van der Waals surface area contributed by atoms with E-state index in [0.717, 1.165) is 25.0 Å². The molecule has 5 aromatic carbocycles. The van der Waals surface area contributed by atoms with Crippen molar-refractivity contribution in [3.63, 3.8) is 0 Å². The van der Waals surface area contributed by atoms with Crippen molar-refractivity contribution in [1.29, 1.82) is 0 Å². The molecular weight excluding hydrogens is 1020 g/mol. The number of anilines is 4. The van der Waals surface area contributed by atoms with Gasteiger partial charge in [0, 0.05) is 29.0 Å². The van der Waals surface area contributed by atoms with Crippen LogP contribution < -0.4 is 30.7 Å². The van der Waals surface area contributed by atoms with Crippen molar-refractivity contribution < 1.29 is 38.2 Å². The van der Waals surface area contributed by atoms with Crippen LogP contribution in [0.5, 0.6) is 11.5 Å². The Balaban J connectivity index is 1.29. The zero-order valence-electron chi connectivity index (χ0n) is 38.9. The minimum Gasteiger partial charge on any atom is -0.492 e. The summed E-state index contributed by atoms with van der Waals surface area (Å²) in [6.07, 6.45) is 1.33. The molecule has 0 saturated heterocycles. The third kappa shape index (κ3) is 15.3. The lowest BCUT2D eigenvalue weighted by Crippen LogP contribution is -2.32. The Morgan fingerprint density at radius 1 is 0.535 bits per heavy atom. The Kier molecular flexibility index (Phi) is 21.3. The monoisotopic (exact) mass is 1060 g/mol. The maximum atomic E-state index is 13.6. The topological polar surface area (TPSA) is 218 Å². The number of alkyl halides is 3. The second kappa shape index (κ2) is 27.2. The highest BCUT2D eigenvalue weighted by atomic mass is 35.5. The van der Waals surface area contributed by atoms with E-state index >= 15 is 0 Å². The van der Waals surface area contributed by atoms with Crippen molar-refractivity contribution in [3.8, 4) is 11.5 Å². The first-order chi connectivity index (χ1) is 34.1. The van der Waals surface area contributed by atoms with Crippen LogP contribution in [0.2, 0.25) is 10.0 Å². The van der Waals surface area contributed by atoms with Crippen molar-refractivity contribution in [3.05, 3.63) is 129 Å². The summed E-state index contributed by atoms with van der Waals surface area (Å²) in [6.45, 7) is 6.67. The van der Waals surface area contributed by atoms with Gasteiger partial charge in [-0.1, -0.05) is 47.5 Å². The van der Waals surface area contributed by atoms with Gasteiger partial charge >= 0.3 is 0 Å². The molecule has 5 rings (SSSR count). The summed E-state index contributed by atoms with van der Waals surface area (Å²) >= 11 is 31.2. The normalized spacial score (nSPS) is 12.0. The molecule has 0 spiro atoms. The molecule has 0 aliphatic heterocycles. The van der Waals surface area contributed by atoms with Gasteiger partial charge in [0.25, 0.3) is 23.6 Å². The second-order valence-corrected chi connectivity index (χ2v) is 17.2. The molecule has 0 saturated carbocycles. The Bertz CT molecular complexity index is 2850. The highest BCUT2D eigenvalue weighted by Crippen LogP contribution is 2.34. The van der Waals surface area contributed by atoms with E-state index in [0.29, 0.717) is 66.3 Å². The molecule has 0 fully saturated rings. The van der Waals surface area contributed by atoms with Gasteiger partial charge in [0.2, 0.25) is 12.1 Å². The number of rotatable bonds is 24. The van der Waals surface area contributed by atoms with Gasteiger partial charge in [-0.15, -0.1) is 34.8 Å². The van der Waals surface area contributed by atoms with Crippen molar-refractivity contribution in [1.82, 2.24) is 0 Å². The highest BCUT2D eigenvalue weighted by Gasteiger charge is 2.27. The zero-order valence-corrected chi connectivity index (χ0v) is 42.7. The smallest absolute Gasteiger partial charge is 0.258 e. The number of hydrogen-bond donors (Lipinski definition) is 4. The van der Waals surface area contributed by atoms with Crippen LogP contribution in [-0.2, 0) is 38.4 Å². The molecule has 372 valence electrons. The van der Waals surface area contributed by atoms with Gasteiger partial charge in [-0.25, -0.2) is 0 Å². The zero-order chi connectivity index (χ0) is 51.6. The van der Waals surface area contributed by atoms with Crippen LogP contribution >= 0.6 is 58.0 Å². The number of halogens is 5. The summed E-state index contributed by atoms with van der Waals surface area (Å²) in [5.41, 5.74) is 3.62. The Labute approximate surface area is 435 Å². The molecule has 21 heteroatoms. The Hall–Kier alpha value is -6.43. The molecule has 0 heterocycles. The molecule has 71 heavy (non-hydrogen) atoms. The molecule has 0 aliphatic carbocycles. The molecule has 0 radical (unpaired) electrons. The Morgan fingerprint density at radius 2 is 0.986 bits per heavy atom. The lowest BCUT2D eigenvalue weighted by atomic mass is 10.1. The van der Waals surface area contributed by atoms with E-state index in [1.807, 2.05) is 26.0 Å². The first-order valence-corrected chi connectivity index (χ1v) is 24.4. The fraction of sp³-hybridized carbons (Fsp3) is 0.280. The summed E-state index contributed by atoms with van der Waals surface area (Å²) in [7, 11) is 0. The molecule has 2 atom stereocenters. The number of nitrogens with one attached hydrogen (secondary N) is 4. The maximum absolute atomic E-state index is 13.6. The van der Waals surface area contributed by atoms with E-state index in [9.17, 15) is 28.8 Å². The van der Waals surface area contributed by atoms with E-state index in [1.54, 1.807) is 24.3 Å². The van der Waals surface area contributed by atoms with Crippen molar-refractivity contribution in [2.24, 2.45) is 20.5 Å². The molecule has 4 N–H and O–H groups in total. The minimum absolute atomic E-state index is 0.0163. The summed E-state index contributed by atoms with van der Waals surface area (Å²) in [5, 5.41) is 27.0. The van der Waals surface area contributed by atoms with Gasteiger partial charge in [0.05, 0.1) is 45.8 Å². The number of ether oxygens (including phenoxy) is 2. The van der Waals surface area contributed by atoms with Crippen molar-refractivity contribution in [2.45, 2.75) is 59.0 Å². The first-order valence-electron chi connectivity index (χ1n) is 22.1. The van der Waals surface area contributed by atoms with Crippen LogP contribution in [-0.4, -0.2) is 78.1 Å². The molecule has 16 nitrogen and oxygen atoms in total. The molecular formula is C50H49Cl5N8O8. The predicted octanol–water partition coefficient (Wildman–Crippen LogP) is 12.0. The van der Waals surface area contributed by atoms with Gasteiger partial charge in [0.1, 0.15) is 22.9 Å². The molecule has 0 aliphatic rings. The molecule has 2 unspecified atom stereocenters. The molecule has 0 aromatic heterocycles. The van der Waals surface area contributed by atoms with Crippen LogP contribution in [0.25, 0.3) is 0 Å². The number of Topliss-reactive ketones (excluding diaryl/α,β-unsaturated/α-hetero) is 2. The quantitative estimate of drug-likeness (QED) is 0.0264. The first kappa shape index (κ1) is 55.5. The fourth-order valence-corrected chi connectivity index (χ4v) is 7.90. The standard InChI is InChI=1S/C50H49Cl5N8O8/c1-5-70-41-17-13-30(19-22-51)25-39(41)58-47(66)34-9-7-11-37(43(34)54)60-62-45(28(3)64)49(68)56-33-15-16-36(32(27-33)21-24-53)57-50(69)46(29(4)65)63-61-38-12-8-10-35(44(38)55)48(67)59-40-26-31(20-23-52)14-18-42(40)71-6-2/h7-18,25-27,45-46H,5-6,19-24H2,1-4H3,(H,56,68)(H,57,69)(H,58,66)(H,59,67). The minimum atomic E-state index is -1.64. The van der Waals surface area contributed by atoms with Gasteiger partial charge in [-0.3, -0.25) is 28.8 Å². The average Bonchev–Trinajstić information content (AvgIpc) is 3.32. The number of aryl methyl sites for hydroxylation is 3. The highest BCUT2D eigenvalue weighted by molar-refractivity contribution is 6.37. The van der Waals surface area contributed by atoms with Crippen LogP contribution in [0, 0.1) is 0 Å². The van der Waals surface area contributed by atoms with Crippen LogP contribution in [0.4, 0.5) is 34.1 Å². The third-order valence-corrected chi connectivity index (χ3v) is 11.6. The van der Waals surface area contributed by atoms with Crippen LogP contribution in [0.1, 0.15) is 65.1 Å². The number of benzene rings is 5. The summed E-state index contributed by atoms with van der Waals surface area (Å²) in [5.74, 6) is -2.38. The van der Waals surface area contributed by atoms with E-state index in [2.05, 4.69) is 41.7 Å². The van der Waals surface area contributed by atoms with Crippen molar-refractivity contribution in [2.75, 3.05) is 52.1 Å². The second-order valence-electron chi connectivity index (χ2n) is 15.3. The largest absolute Gasteiger partial charge is 0.492 e. The lowest BCUT2D eigenvalue weighted by molar-refractivity contribution is -0.127. The summed E-state index contributed by atoms with van der Waals surface area (Å²) < 4.78 is 11.4. The number of carbonyl (C=O) groups is 6. The van der Waals surface area contributed by atoms with Gasteiger partial charge in [-0.2, -0.15) is 20.5 Å². The lowest BCUT2D eigenvalue weighted by Gasteiger charge is -2.16. The average molecular weight is 1070 g/mol. The van der Waals surface area contributed by atoms with Crippen LogP contribution in [0.15, 0.2) is 111 Å². The maximum Gasteiger partial charge on any atom is 0.258 e. The van der Waals surface area contributed by atoms with E-state index in [1.165, 1.54) is 54.6 Å². The van der Waals surface area contributed by atoms with Gasteiger partial charge < -0.3 is 30.7 Å². The van der Waals surface area contributed by atoms with Gasteiger partial charge in [-0.05, 0) is 130 Å². The molecule has 5 aromatic rings. The van der Waals surface area contributed by atoms with E-state index < -0.39 is 47.3 Å². The summed E-state index contributed by atoms with van der Waals surface area (Å²) in [6, 6.07) is 20.8. The summed E-state index contributed by atoms with van der Waals surface area (Å²) in [4.78, 5) is 79.6. The van der Waals surface area contributed by atoms with Crippen molar-refractivity contribution >= 4 is 127 Å². The van der Waals surface area contributed by atoms with E-state index in [-0.39, 0.29) is 56.2 Å². The number of hydrogen-bond acceptors (Lipinski definition) is 12. The molecule has 4 amide bonds. The van der Waals surface area contributed by atoms with E-state index in [4.69, 9.17) is 67.5 Å². The third-order valence-electron chi connectivity index (χ3n) is 10.2. The predicted molar refractivity (Wildman–Crippen MR) is 279 cm³/mol. The fourth-order valence-electron chi connectivity index (χ4n) is 6.76. The SMILES string of the molecule is CCOc1ccc(CCCl)cc1NC(=O)c1cccc(N=NC(C(C)=O)C(=O)Nc2ccc(NC(=O)C(N=Nc3cccc(C(=O)Nc4cc(CCCl)ccc4OCC)c3Cl)C(C)=O)c(CCCl)c2)c1Cl. The number of carbonyl (C=O) groups excluding carboxylic acids is 6. The Morgan fingerprint density at radius 3 is 1.41 bits per heavy atom. The number of ketones is 2. The number of nitrogens with zero attached hydrogens (tertiary/aromatic N) is 4. The van der Waals surface area contributed by atoms with Gasteiger partial charge in [0.15, 0.2) is 11.6 Å².